The summed E-state index contributed by atoms with van der Waals surface area (Å²) in [7, 11) is -3.75. The normalized spacial score (nSPS) is 17.1. The van der Waals surface area contributed by atoms with Crippen molar-refractivity contribution in [2.24, 2.45) is 0 Å². The Hall–Kier alpha value is -2.42. The molecular formula is C17H16F3N5O4S2. The molecule has 0 radical (unpaired) electrons. The Labute approximate surface area is 177 Å². The molecule has 0 aliphatic heterocycles. The highest BCUT2D eigenvalue weighted by Gasteiger charge is 2.47. The smallest absolute Gasteiger partial charge is 0.294 e. The standard InChI is InChI=1S/C17H16F3N5O4S2/c1-2-31(28,29)11-3-4-12(16(6-7-16)24-30(26)27)22-15(11)10-5-8-25-14(21-10)9-13(23-25)17(18,19)20/h3-5,8-9,24H,2,6-7H2,1H3,(H,26,27). The highest BCUT2D eigenvalue weighted by Crippen LogP contribution is 2.45. The summed E-state index contributed by atoms with van der Waals surface area (Å²) in [6, 6.07) is 4.86. The summed E-state index contributed by atoms with van der Waals surface area (Å²) in [6.07, 6.45) is -2.41. The van der Waals surface area contributed by atoms with E-state index in [4.69, 9.17) is 0 Å². The maximum atomic E-state index is 13.0. The Balaban J connectivity index is 1.89. The monoisotopic (exact) mass is 475 g/mol. The van der Waals surface area contributed by atoms with Gasteiger partial charge in [0, 0.05) is 12.3 Å². The first kappa shape index (κ1) is 21.8. The zero-order valence-electron chi connectivity index (χ0n) is 15.9. The third-order valence-electron chi connectivity index (χ3n) is 4.95. The van der Waals surface area contributed by atoms with Crippen molar-refractivity contribution < 1.29 is 30.4 Å². The quantitative estimate of drug-likeness (QED) is 0.524. The fraction of sp³-hybridized carbons (Fsp3) is 0.353. The average molecular weight is 475 g/mol. The van der Waals surface area contributed by atoms with Crippen molar-refractivity contribution in [3.8, 4) is 11.4 Å². The molecule has 9 nitrogen and oxygen atoms in total. The molecule has 1 fully saturated rings. The van der Waals surface area contributed by atoms with E-state index in [0.717, 1.165) is 10.6 Å². The second-order valence-electron chi connectivity index (χ2n) is 7.02. The molecule has 0 bridgehead atoms. The summed E-state index contributed by atoms with van der Waals surface area (Å²) in [5, 5.41) is 3.42. The first-order chi connectivity index (χ1) is 14.4. The molecule has 0 amide bonds. The van der Waals surface area contributed by atoms with Gasteiger partial charge in [0.25, 0.3) is 0 Å². The molecule has 31 heavy (non-hydrogen) atoms. The molecule has 1 atom stereocenters. The van der Waals surface area contributed by atoms with E-state index in [1.54, 1.807) is 0 Å². The van der Waals surface area contributed by atoms with E-state index in [-0.39, 0.29) is 27.7 Å². The van der Waals surface area contributed by atoms with Crippen LogP contribution in [0.5, 0.6) is 0 Å². The van der Waals surface area contributed by atoms with Crippen LogP contribution in [0.1, 0.15) is 31.2 Å². The number of alkyl halides is 3. The third kappa shape index (κ3) is 4.07. The third-order valence-corrected chi connectivity index (χ3v) is 7.28. The van der Waals surface area contributed by atoms with Gasteiger partial charge >= 0.3 is 6.18 Å². The molecule has 166 valence electrons. The highest BCUT2D eigenvalue weighted by molar-refractivity contribution is 7.91. The van der Waals surface area contributed by atoms with Gasteiger partial charge in [0.2, 0.25) is 11.3 Å². The van der Waals surface area contributed by atoms with Crippen LogP contribution in [0.25, 0.3) is 17.0 Å². The summed E-state index contributed by atoms with van der Waals surface area (Å²) in [4.78, 5) is 8.41. The number of nitrogens with zero attached hydrogens (tertiary/aromatic N) is 4. The summed E-state index contributed by atoms with van der Waals surface area (Å²) >= 11 is -2.31. The van der Waals surface area contributed by atoms with Gasteiger partial charge < -0.3 is 0 Å². The van der Waals surface area contributed by atoms with E-state index in [1.165, 1.54) is 31.3 Å². The average Bonchev–Trinajstić information content (AvgIpc) is 3.33. The van der Waals surface area contributed by atoms with Crippen LogP contribution in [0.2, 0.25) is 0 Å². The number of hydrogen-bond acceptors (Lipinski definition) is 6. The predicted molar refractivity (Wildman–Crippen MR) is 104 cm³/mol. The number of fused-ring (bicyclic) bond motifs is 1. The Morgan fingerprint density at radius 3 is 2.55 bits per heavy atom. The Bertz CT molecular complexity index is 1300. The van der Waals surface area contributed by atoms with Gasteiger partial charge in [-0.15, -0.1) is 0 Å². The number of pyridine rings is 1. The van der Waals surface area contributed by atoms with Crippen molar-refractivity contribution >= 4 is 26.8 Å². The van der Waals surface area contributed by atoms with Gasteiger partial charge in [-0.2, -0.15) is 18.3 Å². The minimum Gasteiger partial charge on any atom is -0.294 e. The summed E-state index contributed by atoms with van der Waals surface area (Å²) in [6.45, 7) is 1.45. The number of rotatable bonds is 6. The maximum absolute atomic E-state index is 13.0. The molecule has 4 rings (SSSR count). The SMILES string of the molecule is CCS(=O)(=O)c1ccc(C2(NS(=O)O)CC2)nc1-c1ccn2nc(C(F)(F)F)cc2n1. The fourth-order valence-electron chi connectivity index (χ4n) is 3.16. The van der Waals surface area contributed by atoms with Crippen LogP contribution in [-0.2, 0) is 32.8 Å². The van der Waals surface area contributed by atoms with Crippen molar-refractivity contribution in [3.63, 3.8) is 0 Å². The summed E-state index contributed by atoms with van der Waals surface area (Å²) in [5.74, 6) is -0.224. The minimum atomic E-state index is -4.66. The second kappa shape index (κ2) is 7.32. The molecule has 1 saturated carbocycles. The number of sulfone groups is 1. The van der Waals surface area contributed by atoms with Gasteiger partial charge in [-0.25, -0.2) is 31.8 Å². The Morgan fingerprint density at radius 2 is 1.97 bits per heavy atom. The minimum absolute atomic E-state index is 0.0379. The molecule has 1 aliphatic rings. The van der Waals surface area contributed by atoms with E-state index in [0.29, 0.717) is 18.5 Å². The van der Waals surface area contributed by atoms with Crippen LogP contribution in [0.4, 0.5) is 13.2 Å². The van der Waals surface area contributed by atoms with Gasteiger partial charge in [-0.1, -0.05) is 6.92 Å². The second-order valence-corrected chi connectivity index (χ2v) is 9.97. The maximum Gasteiger partial charge on any atom is 0.435 e. The molecule has 14 heteroatoms. The van der Waals surface area contributed by atoms with Gasteiger partial charge in [-0.05, 0) is 31.0 Å². The van der Waals surface area contributed by atoms with Crippen LogP contribution in [0.3, 0.4) is 0 Å². The van der Waals surface area contributed by atoms with E-state index >= 15 is 0 Å². The molecule has 3 aromatic heterocycles. The van der Waals surface area contributed by atoms with Crippen molar-refractivity contribution in [1.29, 1.82) is 0 Å². The lowest BCUT2D eigenvalue weighted by atomic mass is 10.1. The van der Waals surface area contributed by atoms with Gasteiger partial charge in [0.05, 0.1) is 27.6 Å². The summed E-state index contributed by atoms with van der Waals surface area (Å²) in [5.41, 5.74) is -1.82. The first-order valence-corrected chi connectivity index (χ1v) is 11.8. The van der Waals surface area contributed by atoms with Crippen LogP contribution < -0.4 is 4.72 Å². The van der Waals surface area contributed by atoms with Gasteiger partial charge in [-0.3, -0.25) is 4.55 Å². The van der Waals surface area contributed by atoms with E-state index in [1.807, 2.05) is 0 Å². The number of aromatic nitrogens is 4. The highest BCUT2D eigenvalue weighted by atomic mass is 32.2. The van der Waals surface area contributed by atoms with Crippen molar-refractivity contribution in [2.75, 3.05) is 5.75 Å². The van der Waals surface area contributed by atoms with Crippen molar-refractivity contribution in [2.45, 2.75) is 36.4 Å². The number of nitrogens with one attached hydrogen (secondary N) is 1. The van der Waals surface area contributed by atoms with Gasteiger partial charge in [0.1, 0.15) is 5.69 Å². The Morgan fingerprint density at radius 1 is 1.26 bits per heavy atom. The van der Waals surface area contributed by atoms with Crippen LogP contribution in [0, 0.1) is 0 Å². The lowest BCUT2D eigenvalue weighted by Gasteiger charge is -2.17. The molecule has 3 heterocycles. The summed E-state index contributed by atoms with van der Waals surface area (Å²) < 4.78 is 88.0. The molecule has 0 aromatic carbocycles. The molecule has 2 N–H and O–H groups in total. The largest absolute Gasteiger partial charge is 0.435 e. The predicted octanol–water partition coefficient (Wildman–Crippen LogP) is 2.32. The molecule has 1 aliphatic carbocycles. The molecule has 3 aromatic rings. The number of halogens is 3. The van der Waals surface area contributed by atoms with E-state index in [9.17, 15) is 30.4 Å². The van der Waals surface area contributed by atoms with Crippen molar-refractivity contribution in [1.82, 2.24) is 24.3 Å². The van der Waals surface area contributed by atoms with E-state index < -0.39 is 38.5 Å². The molecule has 1 unspecified atom stereocenters. The van der Waals surface area contributed by atoms with Crippen LogP contribution in [0.15, 0.2) is 35.4 Å². The van der Waals surface area contributed by atoms with E-state index in [2.05, 4.69) is 19.8 Å². The Kier molecular flexibility index (Phi) is 5.15. The molecular weight excluding hydrogens is 459 g/mol. The van der Waals surface area contributed by atoms with Crippen LogP contribution in [-0.4, -0.2) is 42.5 Å². The molecule has 0 saturated heterocycles. The lowest BCUT2D eigenvalue weighted by molar-refractivity contribution is -0.141. The number of hydrogen-bond donors (Lipinski definition) is 2. The molecule has 0 spiro atoms. The fourth-order valence-corrected chi connectivity index (χ4v) is 4.83. The van der Waals surface area contributed by atoms with Gasteiger partial charge in [0.15, 0.2) is 21.2 Å². The van der Waals surface area contributed by atoms with Crippen LogP contribution >= 0.6 is 0 Å². The topological polar surface area (TPSA) is 127 Å². The van der Waals surface area contributed by atoms with Crippen molar-refractivity contribution in [3.05, 3.63) is 41.9 Å². The first-order valence-electron chi connectivity index (χ1n) is 9.02. The zero-order chi connectivity index (χ0) is 22.6. The zero-order valence-corrected chi connectivity index (χ0v) is 17.6. The lowest BCUT2D eigenvalue weighted by Crippen LogP contribution is -2.31.